The Morgan fingerprint density at radius 2 is 2.09 bits per heavy atom. The third-order valence-corrected chi connectivity index (χ3v) is 5.86. The van der Waals surface area contributed by atoms with Gasteiger partial charge in [-0.15, -0.1) is 0 Å². The number of nitrogens with zero attached hydrogens (tertiary/aromatic N) is 1. The van der Waals surface area contributed by atoms with Crippen molar-refractivity contribution in [2.24, 2.45) is 5.92 Å². The van der Waals surface area contributed by atoms with Crippen LogP contribution in [0, 0.1) is 18.7 Å². The zero-order valence-corrected chi connectivity index (χ0v) is 19.0. The lowest BCUT2D eigenvalue weighted by atomic mass is 9.97. The highest BCUT2D eigenvalue weighted by Crippen LogP contribution is 2.21. The van der Waals surface area contributed by atoms with Gasteiger partial charge in [-0.05, 0) is 74.1 Å². The summed E-state index contributed by atoms with van der Waals surface area (Å²) in [6.45, 7) is 4.21. The van der Waals surface area contributed by atoms with E-state index in [4.69, 9.17) is 16.3 Å². The van der Waals surface area contributed by atoms with Gasteiger partial charge in [-0.2, -0.15) is 0 Å². The normalized spacial score (nSPS) is 15.8. The van der Waals surface area contributed by atoms with Crippen molar-refractivity contribution >= 4 is 29.2 Å². The summed E-state index contributed by atoms with van der Waals surface area (Å²) in [4.78, 5) is 26.5. The number of hydrogen-bond donors (Lipinski definition) is 2. The lowest BCUT2D eigenvalue weighted by Crippen LogP contribution is -2.44. The molecular weight excluding hydrogens is 433 g/mol. The van der Waals surface area contributed by atoms with Gasteiger partial charge >= 0.3 is 6.03 Å². The van der Waals surface area contributed by atoms with Crippen LogP contribution in [0.5, 0.6) is 5.75 Å². The van der Waals surface area contributed by atoms with Crippen LogP contribution in [-0.2, 0) is 4.79 Å². The van der Waals surface area contributed by atoms with E-state index in [1.54, 1.807) is 12.1 Å². The number of aryl methyl sites for hydroxylation is 1. The van der Waals surface area contributed by atoms with E-state index in [1.807, 2.05) is 24.0 Å². The predicted molar refractivity (Wildman–Crippen MR) is 124 cm³/mol. The lowest BCUT2D eigenvalue weighted by Gasteiger charge is -2.33. The van der Waals surface area contributed by atoms with Gasteiger partial charge in [0.1, 0.15) is 11.6 Å². The lowest BCUT2D eigenvalue weighted by molar-refractivity contribution is -0.133. The Morgan fingerprint density at radius 3 is 2.88 bits per heavy atom. The second-order valence-corrected chi connectivity index (χ2v) is 8.46. The molecule has 1 heterocycles. The molecule has 0 aliphatic carbocycles. The highest BCUT2D eigenvalue weighted by atomic mass is 35.5. The van der Waals surface area contributed by atoms with Gasteiger partial charge in [0, 0.05) is 36.8 Å². The maximum Gasteiger partial charge on any atom is 0.319 e. The summed E-state index contributed by atoms with van der Waals surface area (Å²) in [6, 6.07) is 10.9. The number of piperidine rings is 1. The Kier molecular flexibility index (Phi) is 8.73. The molecule has 8 heteroatoms. The Bertz CT molecular complexity index is 940. The van der Waals surface area contributed by atoms with E-state index in [0.717, 1.165) is 30.7 Å². The molecule has 1 aliphatic heterocycles. The minimum absolute atomic E-state index is 0.106. The fourth-order valence-electron chi connectivity index (χ4n) is 3.72. The predicted octanol–water partition coefficient (Wildman–Crippen LogP) is 5.01. The molecule has 6 nitrogen and oxygen atoms in total. The molecule has 0 spiro atoms. The van der Waals surface area contributed by atoms with Crippen LogP contribution in [0.2, 0.25) is 5.02 Å². The molecule has 2 N–H and O–H groups in total. The van der Waals surface area contributed by atoms with Crippen LogP contribution in [0.4, 0.5) is 14.9 Å². The first kappa shape index (κ1) is 23.9. The summed E-state index contributed by atoms with van der Waals surface area (Å²) in [6.07, 6.45) is 2.91. The number of amides is 3. The average Bonchev–Trinajstić information content (AvgIpc) is 2.78. The van der Waals surface area contributed by atoms with E-state index in [9.17, 15) is 14.0 Å². The van der Waals surface area contributed by atoms with Crippen molar-refractivity contribution in [3.8, 4) is 5.75 Å². The summed E-state index contributed by atoms with van der Waals surface area (Å²) >= 11 is 6.02. The van der Waals surface area contributed by atoms with Crippen LogP contribution >= 0.6 is 11.6 Å². The van der Waals surface area contributed by atoms with Gasteiger partial charge in [-0.3, -0.25) is 4.79 Å². The number of carbonyl (C=O) groups is 2. The standard InChI is InChI=1S/C24H29ClFN3O3/c1-17-13-21(9-10-22(17)25)32-12-4-8-23(30)29-11-3-5-18(16-29)15-27-24(31)28-20-7-2-6-19(26)14-20/h2,6-7,9-10,13-14,18H,3-5,8,11-12,15-16H2,1H3,(H2,27,28,31). The van der Waals surface area contributed by atoms with Crippen LogP contribution in [-0.4, -0.2) is 43.1 Å². The van der Waals surface area contributed by atoms with Gasteiger partial charge in [0.15, 0.2) is 0 Å². The van der Waals surface area contributed by atoms with Crippen LogP contribution in [0.25, 0.3) is 0 Å². The SMILES string of the molecule is Cc1cc(OCCCC(=O)N2CCCC(CNC(=O)Nc3cccc(F)c3)C2)ccc1Cl. The summed E-state index contributed by atoms with van der Waals surface area (Å²) in [5.74, 6) is 0.645. The fourth-order valence-corrected chi connectivity index (χ4v) is 3.83. The van der Waals surface area contributed by atoms with Crippen LogP contribution < -0.4 is 15.4 Å². The maximum atomic E-state index is 13.2. The van der Waals surface area contributed by atoms with E-state index < -0.39 is 5.82 Å². The second-order valence-electron chi connectivity index (χ2n) is 8.06. The van der Waals surface area contributed by atoms with Crippen LogP contribution in [0.15, 0.2) is 42.5 Å². The number of rotatable bonds is 8. The Balaban J connectivity index is 1.35. The number of benzene rings is 2. The van der Waals surface area contributed by atoms with Gasteiger partial charge in [0.05, 0.1) is 6.61 Å². The number of likely N-dealkylation sites (tertiary alicyclic amines) is 1. The first-order valence-corrected chi connectivity index (χ1v) is 11.3. The molecule has 1 fully saturated rings. The van der Waals surface area contributed by atoms with E-state index in [0.29, 0.717) is 43.2 Å². The molecule has 1 unspecified atom stereocenters. The number of urea groups is 1. The van der Waals surface area contributed by atoms with E-state index in [-0.39, 0.29) is 17.9 Å². The van der Waals surface area contributed by atoms with Crippen molar-refractivity contribution in [1.82, 2.24) is 10.2 Å². The quantitative estimate of drug-likeness (QED) is 0.543. The smallest absolute Gasteiger partial charge is 0.319 e. The van der Waals surface area contributed by atoms with Crippen molar-refractivity contribution in [1.29, 1.82) is 0 Å². The Labute approximate surface area is 193 Å². The largest absolute Gasteiger partial charge is 0.494 e. The first-order chi connectivity index (χ1) is 15.4. The van der Waals surface area contributed by atoms with E-state index in [1.165, 1.54) is 18.2 Å². The number of ether oxygens (including phenoxy) is 1. The fraction of sp³-hybridized carbons (Fsp3) is 0.417. The molecule has 1 atom stereocenters. The second kappa shape index (κ2) is 11.7. The molecule has 0 saturated carbocycles. The van der Waals surface area contributed by atoms with Crippen molar-refractivity contribution < 1.29 is 18.7 Å². The highest BCUT2D eigenvalue weighted by molar-refractivity contribution is 6.31. The summed E-state index contributed by atoms with van der Waals surface area (Å²) in [7, 11) is 0. The van der Waals surface area contributed by atoms with Gasteiger partial charge in [-0.25, -0.2) is 9.18 Å². The maximum absolute atomic E-state index is 13.2. The molecule has 0 aromatic heterocycles. The van der Waals surface area contributed by atoms with E-state index in [2.05, 4.69) is 10.6 Å². The molecule has 1 aliphatic rings. The minimum atomic E-state index is -0.405. The molecule has 3 amide bonds. The Morgan fingerprint density at radius 1 is 1.25 bits per heavy atom. The molecule has 1 saturated heterocycles. The molecule has 0 radical (unpaired) electrons. The van der Waals surface area contributed by atoms with Gasteiger partial charge in [0.25, 0.3) is 0 Å². The highest BCUT2D eigenvalue weighted by Gasteiger charge is 2.23. The number of anilines is 1. The van der Waals surface area contributed by atoms with E-state index >= 15 is 0 Å². The molecule has 3 rings (SSSR count). The number of halogens is 2. The number of hydrogen-bond acceptors (Lipinski definition) is 3. The molecular formula is C24H29ClFN3O3. The summed E-state index contributed by atoms with van der Waals surface area (Å²) in [5.41, 5.74) is 1.36. The summed E-state index contributed by atoms with van der Waals surface area (Å²) in [5, 5.41) is 6.14. The number of carbonyl (C=O) groups excluding carboxylic acids is 2. The molecule has 172 valence electrons. The molecule has 0 bridgehead atoms. The molecule has 2 aromatic rings. The average molecular weight is 462 g/mol. The monoisotopic (exact) mass is 461 g/mol. The zero-order chi connectivity index (χ0) is 22.9. The third-order valence-electron chi connectivity index (χ3n) is 5.44. The minimum Gasteiger partial charge on any atom is -0.494 e. The summed E-state index contributed by atoms with van der Waals surface area (Å²) < 4.78 is 18.9. The topological polar surface area (TPSA) is 70.7 Å². The first-order valence-electron chi connectivity index (χ1n) is 10.9. The number of nitrogens with one attached hydrogen (secondary N) is 2. The molecule has 32 heavy (non-hydrogen) atoms. The van der Waals surface area contributed by atoms with Gasteiger partial charge in [-0.1, -0.05) is 17.7 Å². The van der Waals surface area contributed by atoms with Gasteiger partial charge < -0.3 is 20.3 Å². The van der Waals surface area contributed by atoms with Crippen molar-refractivity contribution in [2.75, 3.05) is 31.6 Å². The van der Waals surface area contributed by atoms with Crippen molar-refractivity contribution in [2.45, 2.75) is 32.6 Å². The zero-order valence-electron chi connectivity index (χ0n) is 18.2. The van der Waals surface area contributed by atoms with Crippen LogP contribution in [0.1, 0.15) is 31.2 Å². The van der Waals surface area contributed by atoms with Crippen LogP contribution in [0.3, 0.4) is 0 Å². The van der Waals surface area contributed by atoms with Gasteiger partial charge in [0.2, 0.25) is 5.91 Å². The Hall–Kier alpha value is -2.80. The van der Waals surface area contributed by atoms with Crippen molar-refractivity contribution in [3.63, 3.8) is 0 Å². The molecule has 2 aromatic carbocycles. The third kappa shape index (κ3) is 7.41. The van der Waals surface area contributed by atoms with Crippen molar-refractivity contribution in [3.05, 3.63) is 58.9 Å².